The third kappa shape index (κ3) is 3.06. The third-order valence-corrected chi connectivity index (χ3v) is 4.55. The van der Waals surface area contributed by atoms with Gasteiger partial charge in [-0.2, -0.15) is 0 Å². The van der Waals surface area contributed by atoms with E-state index < -0.39 is 0 Å². The Bertz CT molecular complexity index is 1080. The molecule has 0 saturated carbocycles. The molecule has 0 radical (unpaired) electrons. The van der Waals surface area contributed by atoms with E-state index in [4.69, 9.17) is 23.2 Å². The van der Waals surface area contributed by atoms with Gasteiger partial charge in [-0.05, 0) is 48.5 Å². The van der Waals surface area contributed by atoms with Crippen molar-refractivity contribution in [1.82, 2.24) is 15.0 Å². The molecule has 0 saturated heterocycles. The van der Waals surface area contributed by atoms with Gasteiger partial charge >= 0.3 is 0 Å². The Morgan fingerprint density at radius 2 is 1.52 bits per heavy atom. The number of nitrogens with zero attached hydrogens (tertiary/aromatic N) is 3. The summed E-state index contributed by atoms with van der Waals surface area (Å²) >= 11 is 12.1. The summed E-state index contributed by atoms with van der Waals surface area (Å²) in [5.41, 5.74) is 4.33. The molecule has 2 heterocycles. The lowest BCUT2D eigenvalue weighted by molar-refractivity contribution is 0.628. The zero-order valence-electron chi connectivity index (χ0n) is 12.7. The maximum absolute atomic E-state index is 13.1. The first-order chi connectivity index (χ1) is 12.1. The molecule has 4 rings (SSSR count). The first-order valence-corrected chi connectivity index (χ1v) is 8.20. The van der Waals surface area contributed by atoms with Gasteiger partial charge in [-0.1, -0.05) is 29.3 Å². The summed E-state index contributed by atoms with van der Waals surface area (Å²) in [6.45, 7) is 0. The molecule has 0 amide bonds. The SMILES string of the molecule is Fc1ccc(-c2ccc3ncnc(-c4ccc(Cl)c(Cl)c4)c3n2)cc1. The number of pyridine rings is 1. The average molecular weight is 370 g/mol. The Labute approximate surface area is 153 Å². The van der Waals surface area contributed by atoms with Crippen molar-refractivity contribution in [2.45, 2.75) is 0 Å². The summed E-state index contributed by atoms with van der Waals surface area (Å²) in [6, 6.07) is 15.2. The number of hydrogen-bond acceptors (Lipinski definition) is 3. The van der Waals surface area contributed by atoms with Gasteiger partial charge in [0.15, 0.2) is 0 Å². The van der Waals surface area contributed by atoms with Gasteiger partial charge in [-0.15, -0.1) is 0 Å². The van der Waals surface area contributed by atoms with Crippen LogP contribution in [0.25, 0.3) is 33.5 Å². The van der Waals surface area contributed by atoms with E-state index in [0.717, 1.165) is 11.1 Å². The van der Waals surface area contributed by atoms with Gasteiger partial charge in [0.05, 0.1) is 26.9 Å². The molecule has 2 aromatic heterocycles. The van der Waals surface area contributed by atoms with E-state index in [1.54, 1.807) is 24.3 Å². The fourth-order valence-corrected chi connectivity index (χ4v) is 2.87. The first kappa shape index (κ1) is 15.9. The minimum Gasteiger partial charge on any atom is -0.244 e. The molecular weight excluding hydrogens is 360 g/mol. The van der Waals surface area contributed by atoms with Crippen LogP contribution in [0.15, 0.2) is 60.9 Å². The summed E-state index contributed by atoms with van der Waals surface area (Å²) in [6.07, 6.45) is 1.49. The highest BCUT2D eigenvalue weighted by molar-refractivity contribution is 6.42. The van der Waals surface area contributed by atoms with Crippen LogP contribution in [0, 0.1) is 5.82 Å². The number of hydrogen-bond donors (Lipinski definition) is 0. The summed E-state index contributed by atoms with van der Waals surface area (Å²) in [7, 11) is 0. The number of benzene rings is 2. The Balaban J connectivity index is 1.91. The normalized spacial score (nSPS) is 11.0. The van der Waals surface area contributed by atoms with Crippen molar-refractivity contribution < 1.29 is 4.39 Å². The van der Waals surface area contributed by atoms with Gasteiger partial charge in [0, 0.05) is 11.1 Å². The van der Waals surface area contributed by atoms with E-state index in [1.807, 2.05) is 18.2 Å². The number of aromatic nitrogens is 3. The maximum atomic E-state index is 13.1. The summed E-state index contributed by atoms with van der Waals surface area (Å²) in [4.78, 5) is 13.3. The van der Waals surface area contributed by atoms with Crippen molar-refractivity contribution in [1.29, 1.82) is 0 Å². The minimum absolute atomic E-state index is 0.288. The molecule has 122 valence electrons. The van der Waals surface area contributed by atoms with Crippen LogP contribution in [0.1, 0.15) is 0 Å². The van der Waals surface area contributed by atoms with Crippen LogP contribution in [-0.2, 0) is 0 Å². The summed E-state index contributed by atoms with van der Waals surface area (Å²) in [5.74, 6) is -0.288. The van der Waals surface area contributed by atoms with Gasteiger partial charge in [-0.25, -0.2) is 19.3 Å². The zero-order valence-corrected chi connectivity index (χ0v) is 14.3. The standard InChI is InChI=1S/C19H10Cl2FN3/c20-14-6-3-12(9-15(14)21)18-19-17(23-10-24-18)8-7-16(25-19)11-1-4-13(22)5-2-11/h1-10H. The second kappa shape index (κ2) is 6.39. The van der Waals surface area contributed by atoms with Gasteiger partial charge in [-0.3, -0.25) is 0 Å². The zero-order chi connectivity index (χ0) is 17.4. The molecule has 4 aromatic rings. The lowest BCUT2D eigenvalue weighted by Gasteiger charge is -2.08. The Morgan fingerprint density at radius 1 is 0.760 bits per heavy atom. The summed E-state index contributed by atoms with van der Waals surface area (Å²) in [5, 5.41) is 0.921. The monoisotopic (exact) mass is 369 g/mol. The lowest BCUT2D eigenvalue weighted by Crippen LogP contribution is -1.94. The van der Waals surface area contributed by atoms with Crippen molar-refractivity contribution in [2.24, 2.45) is 0 Å². The summed E-state index contributed by atoms with van der Waals surface area (Å²) < 4.78 is 13.1. The second-order valence-corrected chi connectivity index (χ2v) is 6.24. The Hall–Kier alpha value is -2.56. The molecule has 6 heteroatoms. The number of rotatable bonds is 2. The molecule has 3 nitrogen and oxygen atoms in total. The first-order valence-electron chi connectivity index (χ1n) is 7.45. The van der Waals surface area contributed by atoms with Crippen LogP contribution in [0.2, 0.25) is 10.0 Å². The third-order valence-electron chi connectivity index (χ3n) is 3.81. The van der Waals surface area contributed by atoms with Crippen LogP contribution in [0.5, 0.6) is 0 Å². The minimum atomic E-state index is -0.288. The quantitative estimate of drug-likeness (QED) is 0.447. The highest BCUT2D eigenvalue weighted by Crippen LogP contribution is 2.31. The molecule has 0 fully saturated rings. The fourth-order valence-electron chi connectivity index (χ4n) is 2.58. The Kier molecular flexibility index (Phi) is 4.07. The molecule has 0 N–H and O–H groups in total. The van der Waals surface area contributed by atoms with E-state index in [2.05, 4.69) is 15.0 Å². The molecule has 25 heavy (non-hydrogen) atoms. The van der Waals surface area contributed by atoms with E-state index in [0.29, 0.717) is 32.5 Å². The molecule has 0 spiro atoms. The molecule has 0 aliphatic heterocycles. The molecule has 2 aromatic carbocycles. The predicted octanol–water partition coefficient (Wildman–Crippen LogP) is 5.80. The van der Waals surface area contributed by atoms with Crippen molar-refractivity contribution in [3.05, 3.63) is 76.8 Å². The topological polar surface area (TPSA) is 38.7 Å². The van der Waals surface area contributed by atoms with E-state index in [1.165, 1.54) is 18.5 Å². The van der Waals surface area contributed by atoms with Crippen LogP contribution in [0.4, 0.5) is 4.39 Å². The highest BCUT2D eigenvalue weighted by atomic mass is 35.5. The second-order valence-electron chi connectivity index (χ2n) is 5.42. The van der Waals surface area contributed by atoms with Crippen molar-refractivity contribution in [3.63, 3.8) is 0 Å². The van der Waals surface area contributed by atoms with Crippen molar-refractivity contribution in [2.75, 3.05) is 0 Å². The van der Waals surface area contributed by atoms with Gasteiger partial charge in [0.1, 0.15) is 17.7 Å². The maximum Gasteiger partial charge on any atom is 0.123 e. The molecule has 0 atom stereocenters. The smallest absolute Gasteiger partial charge is 0.123 e. The van der Waals surface area contributed by atoms with Gasteiger partial charge < -0.3 is 0 Å². The van der Waals surface area contributed by atoms with Crippen LogP contribution >= 0.6 is 23.2 Å². The molecular formula is C19H10Cl2FN3. The molecule has 0 bridgehead atoms. The van der Waals surface area contributed by atoms with Crippen LogP contribution < -0.4 is 0 Å². The van der Waals surface area contributed by atoms with Gasteiger partial charge in [0.25, 0.3) is 0 Å². The number of fused-ring (bicyclic) bond motifs is 1. The highest BCUT2D eigenvalue weighted by Gasteiger charge is 2.11. The van der Waals surface area contributed by atoms with Crippen molar-refractivity contribution in [3.8, 4) is 22.5 Å². The van der Waals surface area contributed by atoms with Crippen LogP contribution in [-0.4, -0.2) is 15.0 Å². The average Bonchev–Trinajstić information content (AvgIpc) is 2.64. The lowest BCUT2D eigenvalue weighted by atomic mass is 10.1. The number of halogens is 3. The molecule has 0 aliphatic carbocycles. The van der Waals surface area contributed by atoms with E-state index >= 15 is 0 Å². The molecule has 0 aliphatic rings. The predicted molar refractivity (Wildman–Crippen MR) is 98.2 cm³/mol. The van der Waals surface area contributed by atoms with Crippen molar-refractivity contribution >= 4 is 34.2 Å². The Morgan fingerprint density at radius 3 is 2.28 bits per heavy atom. The largest absolute Gasteiger partial charge is 0.244 e. The molecule has 0 unspecified atom stereocenters. The van der Waals surface area contributed by atoms with Gasteiger partial charge in [0.2, 0.25) is 0 Å². The van der Waals surface area contributed by atoms with E-state index in [-0.39, 0.29) is 5.82 Å². The van der Waals surface area contributed by atoms with Crippen LogP contribution in [0.3, 0.4) is 0 Å². The fraction of sp³-hybridized carbons (Fsp3) is 0. The van der Waals surface area contributed by atoms with E-state index in [9.17, 15) is 4.39 Å².